The summed E-state index contributed by atoms with van der Waals surface area (Å²) in [7, 11) is 0. The van der Waals surface area contributed by atoms with Gasteiger partial charge in [0.1, 0.15) is 0 Å². The van der Waals surface area contributed by atoms with E-state index in [1.807, 2.05) is 13.8 Å². The summed E-state index contributed by atoms with van der Waals surface area (Å²) in [6.45, 7) is 8.89. The maximum absolute atomic E-state index is 5.88. The van der Waals surface area contributed by atoms with Gasteiger partial charge in [0.2, 0.25) is 0 Å². The number of hydrogen-bond donors (Lipinski definition) is 0. The first-order chi connectivity index (χ1) is 10.9. The Morgan fingerprint density at radius 3 is 1.61 bits per heavy atom. The zero-order chi connectivity index (χ0) is 16.0. The molecule has 7 heteroatoms. The Bertz CT molecular complexity index is 363. The molecular formula is C16H26O7. The van der Waals surface area contributed by atoms with Crippen molar-refractivity contribution in [3.8, 4) is 0 Å². The predicted octanol–water partition coefficient (Wildman–Crippen LogP) is 1.26. The van der Waals surface area contributed by atoms with Gasteiger partial charge in [-0.25, -0.2) is 0 Å². The van der Waals surface area contributed by atoms with Crippen molar-refractivity contribution in [2.75, 3.05) is 52.9 Å². The first kappa shape index (κ1) is 16.2. The van der Waals surface area contributed by atoms with Crippen molar-refractivity contribution in [2.24, 2.45) is 10.8 Å². The fourth-order valence-electron chi connectivity index (χ4n) is 3.38. The fourth-order valence-corrected chi connectivity index (χ4v) is 3.38. The molecule has 0 aromatic carbocycles. The molecular weight excluding hydrogens is 304 g/mol. The Labute approximate surface area is 136 Å². The largest absolute Gasteiger partial charge is 0.381 e. The Hall–Kier alpha value is -0.280. The third-order valence-electron chi connectivity index (χ3n) is 5.25. The van der Waals surface area contributed by atoms with Crippen LogP contribution in [0.2, 0.25) is 0 Å². The van der Waals surface area contributed by atoms with Crippen LogP contribution in [0.15, 0.2) is 0 Å². The molecule has 0 aliphatic carbocycles. The molecule has 0 amide bonds. The molecule has 0 aromatic heterocycles. The maximum Gasteiger partial charge on any atom is 0.279 e. The molecule has 4 bridgehead atoms. The standard InChI is InChI=1S/C16H26O7/c1-13-18-7-15(8-19-13,9-20-13)4-3-5-17-6-16-10-21-14(2,22-11-16)23-12-16/h3-12H2,1-2H3. The predicted molar refractivity (Wildman–Crippen MR) is 77.4 cm³/mol. The molecule has 6 rings (SSSR count). The van der Waals surface area contributed by atoms with Gasteiger partial charge in [-0.05, 0) is 12.8 Å². The molecule has 0 aromatic rings. The number of ether oxygens (including phenoxy) is 7. The molecule has 6 saturated heterocycles. The average Bonchev–Trinajstić information content (AvgIpc) is 2.58. The second-order valence-electron chi connectivity index (χ2n) is 7.61. The zero-order valence-corrected chi connectivity index (χ0v) is 13.9. The quantitative estimate of drug-likeness (QED) is 0.679. The smallest absolute Gasteiger partial charge is 0.279 e. The van der Waals surface area contributed by atoms with Crippen LogP contribution in [0.1, 0.15) is 26.7 Å². The van der Waals surface area contributed by atoms with E-state index in [0.29, 0.717) is 52.9 Å². The van der Waals surface area contributed by atoms with Crippen molar-refractivity contribution in [3.63, 3.8) is 0 Å². The van der Waals surface area contributed by atoms with Crippen molar-refractivity contribution in [1.82, 2.24) is 0 Å². The van der Waals surface area contributed by atoms with Crippen LogP contribution in [0.4, 0.5) is 0 Å². The Morgan fingerprint density at radius 2 is 1.13 bits per heavy atom. The van der Waals surface area contributed by atoms with E-state index in [0.717, 1.165) is 12.8 Å². The normalized spacial score (nSPS) is 48.8. The van der Waals surface area contributed by atoms with Crippen LogP contribution < -0.4 is 0 Å². The molecule has 0 spiro atoms. The summed E-state index contributed by atoms with van der Waals surface area (Å²) in [6, 6.07) is 0. The van der Waals surface area contributed by atoms with Gasteiger partial charge in [0.25, 0.3) is 11.9 Å². The molecule has 7 nitrogen and oxygen atoms in total. The van der Waals surface area contributed by atoms with E-state index in [4.69, 9.17) is 33.2 Å². The highest BCUT2D eigenvalue weighted by atomic mass is 16.9. The third-order valence-corrected chi connectivity index (χ3v) is 5.25. The lowest BCUT2D eigenvalue weighted by Crippen LogP contribution is -2.60. The van der Waals surface area contributed by atoms with Gasteiger partial charge in [-0.1, -0.05) is 0 Å². The van der Waals surface area contributed by atoms with E-state index in [9.17, 15) is 0 Å². The van der Waals surface area contributed by atoms with Gasteiger partial charge in [-0.2, -0.15) is 0 Å². The minimum Gasteiger partial charge on any atom is -0.381 e. The molecule has 6 aliphatic rings. The van der Waals surface area contributed by atoms with Crippen molar-refractivity contribution in [3.05, 3.63) is 0 Å². The molecule has 6 fully saturated rings. The lowest BCUT2D eigenvalue weighted by Gasteiger charge is -2.50. The Morgan fingerprint density at radius 1 is 0.696 bits per heavy atom. The number of fused-ring (bicyclic) bond motifs is 6. The molecule has 0 unspecified atom stereocenters. The van der Waals surface area contributed by atoms with Gasteiger partial charge in [0.15, 0.2) is 0 Å². The maximum atomic E-state index is 5.88. The first-order valence-electron chi connectivity index (χ1n) is 8.36. The average molecular weight is 330 g/mol. The summed E-state index contributed by atoms with van der Waals surface area (Å²) in [5.74, 6) is -1.68. The van der Waals surface area contributed by atoms with Crippen LogP contribution in [-0.4, -0.2) is 64.8 Å². The van der Waals surface area contributed by atoms with Gasteiger partial charge in [0.05, 0.1) is 51.7 Å². The van der Waals surface area contributed by atoms with E-state index in [-0.39, 0.29) is 10.8 Å². The number of hydrogen-bond acceptors (Lipinski definition) is 7. The molecule has 0 saturated carbocycles. The second kappa shape index (κ2) is 5.62. The molecule has 6 aliphatic heterocycles. The molecule has 23 heavy (non-hydrogen) atoms. The van der Waals surface area contributed by atoms with Gasteiger partial charge in [-0.3, -0.25) is 0 Å². The Balaban J connectivity index is 1.17. The van der Waals surface area contributed by atoms with E-state index < -0.39 is 11.9 Å². The minimum absolute atomic E-state index is 0.0216. The SMILES string of the molecule is CC12OCC(CCCOCC34COC(C)(OC3)OC4)(CO1)CO2. The summed E-state index contributed by atoms with van der Waals surface area (Å²) < 4.78 is 39.6. The van der Waals surface area contributed by atoms with E-state index in [2.05, 4.69) is 0 Å². The van der Waals surface area contributed by atoms with Gasteiger partial charge in [0, 0.05) is 25.9 Å². The van der Waals surface area contributed by atoms with E-state index >= 15 is 0 Å². The van der Waals surface area contributed by atoms with Crippen LogP contribution >= 0.6 is 0 Å². The van der Waals surface area contributed by atoms with Crippen molar-refractivity contribution in [1.29, 1.82) is 0 Å². The first-order valence-corrected chi connectivity index (χ1v) is 8.36. The van der Waals surface area contributed by atoms with Gasteiger partial charge < -0.3 is 33.2 Å². The highest BCUT2D eigenvalue weighted by Crippen LogP contribution is 2.41. The van der Waals surface area contributed by atoms with Gasteiger partial charge in [-0.15, -0.1) is 0 Å². The second-order valence-corrected chi connectivity index (χ2v) is 7.61. The monoisotopic (exact) mass is 330 g/mol. The highest BCUT2D eigenvalue weighted by molar-refractivity contribution is 4.88. The summed E-state index contributed by atoms with van der Waals surface area (Å²) >= 11 is 0. The minimum atomic E-state index is -0.850. The molecule has 0 atom stereocenters. The third kappa shape index (κ3) is 3.16. The lowest BCUT2D eigenvalue weighted by molar-refractivity contribution is -0.462. The van der Waals surface area contributed by atoms with Crippen LogP contribution in [0.3, 0.4) is 0 Å². The summed E-state index contributed by atoms with van der Waals surface area (Å²) in [4.78, 5) is 0. The molecule has 0 radical (unpaired) electrons. The van der Waals surface area contributed by atoms with Crippen LogP contribution in [0.5, 0.6) is 0 Å². The topological polar surface area (TPSA) is 64.6 Å². The van der Waals surface area contributed by atoms with Crippen LogP contribution in [0.25, 0.3) is 0 Å². The van der Waals surface area contributed by atoms with E-state index in [1.165, 1.54) is 0 Å². The fraction of sp³-hybridized carbons (Fsp3) is 1.00. The van der Waals surface area contributed by atoms with Crippen molar-refractivity contribution in [2.45, 2.75) is 38.6 Å². The molecule has 0 N–H and O–H groups in total. The Kier molecular flexibility index (Phi) is 3.96. The van der Waals surface area contributed by atoms with Crippen LogP contribution in [0, 0.1) is 10.8 Å². The molecule has 132 valence electrons. The zero-order valence-electron chi connectivity index (χ0n) is 13.9. The van der Waals surface area contributed by atoms with Crippen LogP contribution in [-0.2, 0) is 33.2 Å². The summed E-state index contributed by atoms with van der Waals surface area (Å²) in [5.41, 5.74) is -0.185. The number of rotatable bonds is 6. The molecule has 6 heterocycles. The highest BCUT2D eigenvalue weighted by Gasteiger charge is 2.51. The van der Waals surface area contributed by atoms with Gasteiger partial charge >= 0.3 is 0 Å². The summed E-state index contributed by atoms with van der Waals surface area (Å²) in [6.07, 6.45) is 1.92. The van der Waals surface area contributed by atoms with E-state index in [1.54, 1.807) is 0 Å². The lowest BCUT2D eigenvalue weighted by atomic mass is 9.84. The van der Waals surface area contributed by atoms with Crippen molar-refractivity contribution >= 4 is 0 Å². The summed E-state index contributed by atoms with van der Waals surface area (Å²) in [5, 5.41) is 0. The van der Waals surface area contributed by atoms with Crippen molar-refractivity contribution < 1.29 is 33.2 Å².